The molecule has 0 aliphatic carbocycles. The Bertz CT molecular complexity index is 880. The summed E-state index contributed by atoms with van der Waals surface area (Å²) < 4.78 is 11.3. The van der Waals surface area contributed by atoms with E-state index in [-0.39, 0.29) is 24.4 Å². The summed E-state index contributed by atoms with van der Waals surface area (Å²) in [7, 11) is 1.62. The van der Waals surface area contributed by atoms with Gasteiger partial charge >= 0.3 is 0 Å². The number of nitrogens with zero attached hydrogens (tertiary/aromatic N) is 2. The van der Waals surface area contributed by atoms with E-state index in [2.05, 4.69) is 11.4 Å². The number of hydrogen-bond acceptors (Lipinski definition) is 5. The van der Waals surface area contributed by atoms with E-state index in [9.17, 15) is 9.59 Å². The molecule has 1 atom stereocenters. The van der Waals surface area contributed by atoms with Crippen molar-refractivity contribution in [2.75, 3.05) is 33.4 Å². The molecule has 1 aromatic heterocycles. The van der Waals surface area contributed by atoms with Crippen LogP contribution in [-0.4, -0.2) is 55.0 Å². The highest BCUT2D eigenvalue weighted by molar-refractivity contribution is 7.10. The first-order valence-corrected chi connectivity index (χ1v) is 11.1. The molecule has 0 unspecified atom stereocenters. The number of hydrogen-bond donors (Lipinski definition) is 0. The molecular formula is C23H30N2O4S. The third-order valence-corrected chi connectivity index (χ3v) is 6.22. The molecule has 2 amide bonds. The Morgan fingerprint density at radius 2 is 2.03 bits per heavy atom. The van der Waals surface area contributed by atoms with Crippen molar-refractivity contribution < 1.29 is 19.1 Å². The lowest BCUT2D eigenvalue weighted by atomic mass is 10.0. The third kappa shape index (κ3) is 5.33. The lowest BCUT2D eigenvalue weighted by molar-refractivity contribution is -0.142. The van der Waals surface area contributed by atoms with Gasteiger partial charge in [-0.05, 0) is 41.5 Å². The van der Waals surface area contributed by atoms with E-state index in [1.54, 1.807) is 23.3 Å². The number of methoxy groups -OCH3 is 1. The Kier molecular flexibility index (Phi) is 7.37. The van der Waals surface area contributed by atoms with E-state index in [4.69, 9.17) is 9.47 Å². The molecule has 0 bridgehead atoms. The summed E-state index contributed by atoms with van der Waals surface area (Å²) in [6.45, 7) is 7.27. The van der Waals surface area contributed by atoms with Crippen LogP contribution in [0.2, 0.25) is 0 Å². The summed E-state index contributed by atoms with van der Waals surface area (Å²) >= 11 is 1.72. The summed E-state index contributed by atoms with van der Waals surface area (Å²) in [6, 6.07) is 9.37. The largest absolute Gasteiger partial charge is 0.497 e. The molecule has 0 saturated heterocycles. The van der Waals surface area contributed by atoms with Gasteiger partial charge in [-0.1, -0.05) is 19.9 Å². The second kappa shape index (κ2) is 9.98. The van der Waals surface area contributed by atoms with Crippen LogP contribution in [0.3, 0.4) is 0 Å². The topological polar surface area (TPSA) is 59.1 Å². The summed E-state index contributed by atoms with van der Waals surface area (Å²) in [5.41, 5.74) is 1.14. The average Bonchev–Trinajstić information content (AvgIpc) is 3.20. The van der Waals surface area contributed by atoms with E-state index in [1.807, 2.05) is 43.0 Å². The van der Waals surface area contributed by atoms with Crippen LogP contribution in [0.5, 0.6) is 11.5 Å². The minimum absolute atomic E-state index is 0.0399. The van der Waals surface area contributed by atoms with Crippen LogP contribution >= 0.6 is 11.3 Å². The molecule has 2 heterocycles. The van der Waals surface area contributed by atoms with Crippen molar-refractivity contribution in [1.82, 2.24) is 9.80 Å². The van der Waals surface area contributed by atoms with E-state index >= 15 is 0 Å². The highest BCUT2D eigenvalue weighted by Gasteiger charge is 2.33. The van der Waals surface area contributed by atoms with Crippen LogP contribution in [-0.2, 0) is 16.0 Å². The van der Waals surface area contributed by atoms with Crippen LogP contribution in [0.25, 0.3) is 0 Å². The lowest BCUT2D eigenvalue weighted by Crippen LogP contribution is -2.48. The van der Waals surface area contributed by atoms with Crippen molar-refractivity contribution in [3.8, 4) is 11.5 Å². The first-order chi connectivity index (χ1) is 14.4. The molecule has 6 nitrogen and oxygen atoms in total. The SMILES string of the molecule is COc1cccc(OC[C@@H]2c3ccsc3CCN2C(=O)CN(CC(C)C)C(C)=O)c1. The van der Waals surface area contributed by atoms with Crippen molar-refractivity contribution in [3.05, 3.63) is 46.2 Å². The maximum Gasteiger partial charge on any atom is 0.242 e. The summed E-state index contributed by atoms with van der Waals surface area (Å²) in [5.74, 6) is 1.62. The molecule has 1 aliphatic rings. The number of thiophene rings is 1. The summed E-state index contributed by atoms with van der Waals surface area (Å²) in [5, 5.41) is 2.07. The van der Waals surface area contributed by atoms with Crippen molar-refractivity contribution in [2.24, 2.45) is 5.92 Å². The highest BCUT2D eigenvalue weighted by atomic mass is 32.1. The van der Waals surface area contributed by atoms with Gasteiger partial charge in [0.05, 0.1) is 19.7 Å². The molecule has 0 N–H and O–H groups in total. The summed E-state index contributed by atoms with van der Waals surface area (Å²) in [6.07, 6.45) is 0.832. The Balaban J connectivity index is 1.76. The molecule has 7 heteroatoms. The number of rotatable bonds is 8. The Hall–Kier alpha value is -2.54. The molecule has 2 aromatic rings. The number of carbonyl (C=O) groups excluding carboxylic acids is 2. The van der Waals surface area contributed by atoms with Gasteiger partial charge in [0, 0.05) is 31.0 Å². The Morgan fingerprint density at radius 3 is 2.73 bits per heavy atom. The molecule has 0 radical (unpaired) electrons. The van der Waals surface area contributed by atoms with Gasteiger partial charge in [0.2, 0.25) is 11.8 Å². The van der Waals surface area contributed by atoms with Gasteiger partial charge in [-0.25, -0.2) is 0 Å². The molecule has 0 spiro atoms. The van der Waals surface area contributed by atoms with Gasteiger partial charge in [0.25, 0.3) is 0 Å². The van der Waals surface area contributed by atoms with Gasteiger partial charge in [-0.2, -0.15) is 0 Å². The predicted octanol–water partition coefficient (Wildman–Crippen LogP) is 3.77. The van der Waals surface area contributed by atoms with E-state index in [1.165, 1.54) is 11.8 Å². The zero-order chi connectivity index (χ0) is 21.7. The van der Waals surface area contributed by atoms with Crippen molar-refractivity contribution in [3.63, 3.8) is 0 Å². The fourth-order valence-electron chi connectivity index (χ4n) is 3.74. The van der Waals surface area contributed by atoms with Gasteiger partial charge in [-0.3, -0.25) is 9.59 Å². The maximum atomic E-state index is 13.2. The number of carbonyl (C=O) groups is 2. The number of fused-ring (bicyclic) bond motifs is 1. The van der Waals surface area contributed by atoms with Crippen LogP contribution in [0.4, 0.5) is 0 Å². The van der Waals surface area contributed by atoms with Gasteiger partial charge < -0.3 is 19.3 Å². The van der Waals surface area contributed by atoms with Crippen LogP contribution < -0.4 is 9.47 Å². The van der Waals surface area contributed by atoms with Gasteiger partial charge in [0.15, 0.2) is 0 Å². The van der Waals surface area contributed by atoms with E-state index < -0.39 is 0 Å². The van der Waals surface area contributed by atoms with Crippen LogP contribution in [0.15, 0.2) is 35.7 Å². The normalized spacial score (nSPS) is 15.6. The molecule has 3 rings (SSSR count). The quantitative estimate of drug-likeness (QED) is 0.640. The minimum Gasteiger partial charge on any atom is -0.497 e. The second-order valence-corrected chi connectivity index (χ2v) is 8.94. The fraction of sp³-hybridized carbons (Fsp3) is 0.478. The number of benzene rings is 1. The van der Waals surface area contributed by atoms with Crippen LogP contribution in [0, 0.1) is 5.92 Å². The minimum atomic E-state index is -0.174. The highest BCUT2D eigenvalue weighted by Crippen LogP contribution is 2.34. The molecule has 0 fully saturated rings. The van der Waals surface area contributed by atoms with Crippen molar-refractivity contribution >= 4 is 23.2 Å². The molecule has 1 aromatic carbocycles. The molecule has 30 heavy (non-hydrogen) atoms. The van der Waals surface area contributed by atoms with Gasteiger partial charge in [-0.15, -0.1) is 11.3 Å². The van der Waals surface area contributed by atoms with E-state index in [0.29, 0.717) is 31.4 Å². The first kappa shape index (κ1) is 22.2. The molecule has 162 valence electrons. The maximum absolute atomic E-state index is 13.2. The van der Waals surface area contributed by atoms with Crippen LogP contribution in [0.1, 0.15) is 37.3 Å². The molecule has 1 aliphatic heterocycles. The third-order valence-electron chi connectivity index (χ3n) is 5.22. The number of amides is 2. The average molecular weight is 431 g/mol. The lowest BCUT2D eigenvalue weighted by Gasteiger charge is -2.37. The monoisotopic (exact) mass is 430 g/mol. The van der Waals surface area contributed by atoms with Gasteiger partial charge in [0.1, 0.15) is 18.1 Å². The smallest absolute Gasteiger partial charge is 0.242 e. The Morgan fingerprint density at radius 1 is 1.27 bits per heavy atom. The fourth-order valence-corrected chi connectivity index (χ4v) is 4.67. The zero-order valence-electron chi connectivity index (χ0n) is 18.1. The molecular weight excluding hydrogens is 400 g/mol. The van der Waals surface area contributed by atoms with Crippen molar-refractivity contribution in [2.45, 2.75) is 33.2 Å². The predicted molar refractivity (Wildman–Crippen MR) is 118 cm³/mol. The standard InChI is InChI=1S/C23H30N2O4S/c1-16(2)13-24(17(3)26)14-23(27)25-10-8-22-20(9-11-30-22)21(25)15-29-19-7-5-6-18(12-19)28-4/h5-7,9,11-12,16,21H,8,10,13-15H2,1-4H3/t21-/m1/s1. The molecule has 0 saturated carbocycles. The number of ether oxygens (including phenoxy) is 2. The van der Waals surface area contributed by atoms with E-state index in [0.717, 1.165) is 17.7 Å². The first-order valence-electron chi connectivity index (χ1n) is 10.3. The van der Waals surface area contributed by atoms with Crippen molar-refractivity contribution in [1.29, 1.82) is 0 Å². The zero-order valence-corrected chi connectivity index (χ0v) is 18.9. The summed E-state index contributed by atoms with van der Waals surface area (Å²) in [4.78, 5) is 30.0. The second-order valence-electron chi connectivity index (χ2n) is 7.94. The Labute approximate surface area is 182 Å².